The molecule has 0 saturated carbocycles. The van der Waals surface area contributed by atoms with E-state index in [0.29, 0.717) is 6.42 Å². The van der Waals surface area contributed by atoms with E-state index in [0.717, 1.165) is 18.8 Å². The molecule has 1 aliphatic rings. The molecular formula is C13H21N5O3. The van der Waals surface area contributed by atoms with Gasteiger partial charge in [-0.2, -0.15) is 0 Å². The Morgan fingerprint density at radius 3 is 2.90 bits per heavy atom. The van der Waals surface area contributed by atoms with Gasteiger partial charge in [-0.1, -0.05) is 0 Å². The molecule has 2 heterocycles. The van der Waals surface area contributed by atoms with E-state index in [4.69, 9.17) is 10.5 Å². The lowest BCUT2D eigenvalue weighted by Crippen LogP contribution is -2.47. The molecule has 1 aromatic heterocycles. The molecule has 0 fully saturated rings. The van der Waals surface area contributed by atoms with Crippen LogP contribution in [0.4, 0.5) is 4.79 Å². The fourth-order valence-corrected chi connectivity index (χ4v) is 2.38. The lowest BCUT2D eigenvalue weighted by atomic mass is 9.97. The summed E-state index contributed by atoms with van der Waals surface area (Å²) in [6.45, 7) is 6.08. The molecule has 116 valence electrons. The van der Waals surface area contributed by atoms with Gasteiger partial charge in [-0.25, -0.2) is 4.79 Å². The Morgan fingerprint density at radius 2 is 2.29 bits per heavy atom. The molecule has 0 unspecified atom stereocenters. The molecule has 1 aromatic rings. The molecule has 21 heavy (non-hydrogen) atoms. The van der Waals surface area contributed by atoms with E-state index in [2.05, 4.69) is 15.5 Å². The van der Waals surface area contributed by atoms with Gasteiger partial charge in [0.2, 0.25) is 5.91 Å². The number of nitrogens with one attached hydrogen (secondary N) is 1. The molecule has 2 amide bonds. The van der Waals surface area contributed by atoms with Gasteiger partial charge in [-0.3, -0.25) is 4.79 Å². The Labute approximate surface area is 123 Å². The van der Waals surface area contributed by atoms with Crippen molar-refractivity contribution in [1.29, 1.82) is 0 Å². The summed E-state index contributed by atoms with van der Waals surface area (Å²) in [7, 11) is 0. The van der Waals surface area contributed by atoms with E-state index < -0.39 is 23.6 Å². The molecule has 2 rings (SSSR count). The number of amides is 2. The Hall–Kier alpha value is -2.12. The van der Waals surface area contributed by atoms with Crippen molar-refractivity contribution in [3.63, 3.8) is 0 Å². The zero-order valence-electron chi connectivity index (χ0n) is 12.5. The van der Waals surface area contributed by atoms with Gasteiger partial charge in [0.15, 0.2) is 0 Å². The number of rotatable bonds is 4. The van der Waals surface area contributed by atoms with Crippen molar-refractivity contribution in [2.24, 2.45) is 5.73 Å². The average Bonchev–Trinajstić information content (AvgIpc) is 2.89. The molecule has 2 atom stereocenters. The van der Waals surface area contributed by atoms with E-state index in [1.807, 2.05) is 4.57 Å². The highest BCUT2D eigenvalue weighted by molar-refractivity contribution is 5.84. The minimum absolute atomic E-state index is 0.0555. The van der Waals surface area contributed by atoms with Gasteiger partial charge in [0.1, 0.15) is 23.8 Å². The molecule has 0 aromatic carbocycles. The molecule has 0 spiro atoms. The number of carbonyl (C=O) groups is 2. The number of hydrogen-bond donors (Lipinski definition) is 2. The zero-order valence-corrected chi connectivity index (χ0v) is 12.5. The summed E-state index contributed by atoms with van der Waals surface area (Å²) in [6, 6.07) is -0.784. The van der Waals surface area contributed by atoms with Crippen LogP contribution in [-0.4, -0.2) is 38.4 Å². The van der Waals surface area contributed by atoms with E-state index in [1.165, 1.54) is 0 Å². The Balaban J connectivity index is 1.98. The quantitative estimate of drug-likeness (QED) is 0.841. The highest BCUT2D eigenvalue weighted by Gasteiger charge is 2.31. The van der Waals surface area contributed by atoms with Crippen LogP contribution in [0, 0.1) is 0 Å². The van der Waals surface area contributed by atoms with Crippen LogP contribution in [-0.2, 0) is 16.1 Å². The summed E-state index contributed by atoms with van der Waals surface area (Å²) in [4.78, 5) is 23.3. The fraction of sp³-hybridized carbons (Fsp3) is 0.692. The van der Waals surface area contributed by atoms with Crippen LogP contribution in [0.1, 0.15) is 45.4 Å². The van der Waals surface area contributed by atoms with E-state index in [-0.39, 0.29) is 5.92 Å². The van der Waals surface area contributed by atoms with Gasteiger partial charge in [-0.05, 0) is 33.6 Å². The maximum atomic E-state index is 11.8. The van der Waals surface area contributed by atoms with Gasteiger partial charge < -0.3 is 20.4 Å². The second-order valence-corrected chi connectivity index (χ2v) is 6.21. The molecule has 0 saturated heterocycles. The predicted molar refractivity (Wildman–Crippen MR) is 74.3 cm³/mol. The lowest BCUT2D eigenvalue weighted by molar-refractivity contribution is -0.120. The predicted octanol–water partition coefficient (Wildman–Crippen LogP) is 0.534. The monoisotopic (exact) mass is 295 g/mol. The number of nitrogens with two attached hydrogens (primary N) is 1. The molecule has 8 nitrogen and oxygen atoms in total. The van der Waals surface area contributed by atoms with Crippen molar-refractivity contribution >= 4 is 12.0 Å². The largest absolute Gasteiger partial charge is 0.444 e. The third-order valence-electron chi connectivity index (χ3n) is 3.28. The second-order valence-electron chi connectivity index (χ2n) is 6.21. The lowest BCUT2D eigenvalue weighted by Gasteiger charge is -2.23. The van der Waals surface area contributed by atoms with Crippen molar-refractivity contribution in [1.82, 2.24) is 20.1 Å². The number of alkyl carbamates (subject to hydrolysis) is 1. The van der Waals surface area contributed by atoms with E-state index in [1.54, 1.807) is 27.1 Å². The van der Waals surface area contributed by atoms with Crippen molar-refractivity contribution < 1.29 is 14.3 Å². The molecular weight excluding hydrogens is 274 g/mol. The smallest absolute Gasteiger partial charge is 0.408 e. The third-order valence-corrected chi connectivity index (χ3v) is 3.28. The first-order valence-electron chi connectivity index (χ1n) is 6.93. The van der Waals surface area contributed by atoms with Gasteiger partial charge in [0, 0.05) is 12.5 Å². The van der Waals surface area contributed by atoms with Crippen LogP contribution in [0.15, 0.2) is 6.33 Å². The van der Waals surface area contributed by atoms with Crippen LogP contribution < -0.4 is 11.1 Å². The summed E-state index contributed by atoms with van der Waals surface area (Å²) < 4.78 is 7.09. The number of carbonyl (C=O) groups excluding carboxylic acids is 2. The number of primary amides is 1. The topological polar surface area (TPSA) is 112 Å². The molecule has 0 bridgehead atoms. The van der Waals surface area contributed by atoms with Gasteiger partial charge >= 0.3 is 6.09 Å². The summed E-state index contributed by atoms with van der Waals surface area (Å²) in [5, 5.41) is 10.4. The number of hydrogen-bond acceptors (Lipinski definition) is 5. The molecule has 0 radical (unpaired) electrons. The van der Waals surface area contributed by atoms with E-state index >= 15 is 0 Å². The number of nitrogens with zero attached hydrogens (tertiary/aromatic N) is 3. The van der Waals surface area contributed by atoms with Crippen molar-refractivity contribution in [3.8, 4) is 0 Å². The van der Waals surface area contributed by atoms with Crippen LogP contribution in [0.3, 0.4) is 0 Å². The average molecular weight is 295 g/mol. The summed E-state index contributed by atoms with van der Waals surface area (Å²) >= 11 is 0. The van der Waals surface area contributed by atoms with Crippen LogP contribution in [0.2, 0.25) is 0 Å². The fourth-order valence-electron chi connectivity index (χ4n) is 2.38. The van der Waals surface area contributed by atoms with Crippen molar-refractivity contribution in [2.45, 2.75) is 57.7 Å². The van der Waals surface area contributed by atoms with Crippen molar-refractivity contribution in [2.75, 3.05) is 0 Å². The maximum Gasteiger partial charge on any atom is 0.408 e. The number of aromatic nitrogens is 3. The molecule has 3 N–H and O–H groups in total. The van der Waals surface area contributed by atoms with E-state index in [9.17, 15) is 9.59 Å². The minimum atomic E-state index is -0.784. The first-order chi connectivity index (χ1) is 9.76. The van der Waals surface area contributed by atoms with Gasteiger partial charge in [0.25, 0.3) is 0 Å². The third kappa shape index (κ3) is 3.93. The van der Waals surface area contributed by atoms with Gasteiger partial charge in [0.05, 0.1) is 0 Å². The van der Waals surface area contributed by atoms with Crippen LogP contribution >= 0.6 is 0 Å². The number of ether oxygens (including phenoxy) is 1. The van der Waals surface area contributed by atoms with Crippen molar-refractivity contribution in [3.05, 3.63) is 12.2 Å². The number of aryl methyl sites for hydroxylation is 1. The Morgan fingerprint density at radius 1 is 1.57 bits per heavy atom. The normalized spacial score (nSPS) is 18.9. The highest BCUT2D eigenvalue weighted by atomic mass is 16.6. The standard InChI is InChI=1S/C13H21N5O3/c1-13(2,3)21-12(20)16-9(10(14)19)6-8-4-5-18-7-15-17-11(8)18/h7-9H,4-6H2,1-3H3,(H2,14,19)(H,16,20)/t8-,9-/m0/s1. The molecule has 1 aliphatic heterocycles. The van der Waals surface area contributed by atoms with Crippen LogP contribution in [0.25, 0.3) is 0 Å². The summed E-state index contributed by atoms with van der Waals surface area (Å²) in [5.74, 6) is 0.297. The molecule has 0 aliphatic carbocycles. The maximum absolute atomic E-state index is 11.8. The minimum Gasteiger partial charge on any atom is -0.444 e. The molecule has 8 heteroatoms. The zero-order chi connectivity index (χ0) is 15.6. The summed E-state index contributed by atoms with van der Waals surface area (Å²) in [5.41, 5.74) is 4.74. The first-order valence-corrected chi connectivity index (χ1v) is 6.93. The highest BCUT2D eigenvalue weighted by Crippen LogP contribution is 2.29. The first kappa shape index (κ1) is 15.3. The second kappa shape index (κ2) is 5.71. The number of fused-ring (bicyclic) bond motifs is 1. The summed E-state index contributed by atoms with van der Waals surface area (Å²) in [6.07, 6.45) is 2.26. The van der Waals surface area contributed by atoms with Gasteiger partial charge in [-0.15, -0.1) is 10.2 Å². The Bertz CT molecular complexity index is 534. The Kier molecular flexibility index (Phi) is 4.15. The SMILES string of the molecule is CC(C)(C)OC(=O)N[C@@H](C[C@@H]1CCn2cnnc21)C(N)=O. The van der Waals surface area contributed by atoms with Crippen LogP contribution in [0.5, 0.6) is 0 Å².